The van der Waals surface area contributed by atoms with Crippen LogP contribution in [-0.2, 0) is 23.1 Å². The summed E-state index contributed by atoms with van der Waals surface area (Å²) in [5.41, 5.74) is 2.75. The summed E-state index contributed by atoms with van der Waals surface area (Å²) in [5.74, 6) is 0.979. The van der Waals surface area contributed by atoms with Crippen molar-refractivity contribution in [2.45, 2.75) is 32.9 Å². The van der Waals surface area contributed by atoms with Crippen molar-refractivity contribution < 1.29 is 13.2 Å². The van der Waals surface area contributed by atoms with Gasteiger partial charge in [-0.3, -0.25) is 4.68 Å². The van der Waals surface area contributed by atoms with Crippen LogP contribution in [0.1, 0.15) is 25.5 Å². The van der Waals surface area contributed by atoms with E-state index in [2.05, 4.69) is 5.10 Å². The molecule has 0 N–H and O–H groups in total. The van der Waals surface area contributed by atoms with Gasteiger partial charge in [0.2, 0.25) is 10.0 Å². The van der Waals surface area contributed by atoms with Gasteiger partial charge in [0.05, 0.1) is 30.8 Å². The second-order valence-corrected chi connectivity index (χ2v) is 8.07. The number of aromatic nitrogens is 2. The topological polar surface area (TPSA) is 64.4 Å². The zero-order valence-corrected chi connectivity index (χ0v) is 14.9. The van der Waals surface area contributed by atoms with E-state index in [9.17, 15) is 8.42 Å². The van der Waals surface area contributed by atoms with E-state index in [1.165, 1.54) is 0 Å². The molecule has 0 saturated heterocycles. The van der Waals surface area contributed by atoms with Crippen molar-refractivity contribution in [3.63, 3.8) is 0 Å². The molecule has 130 valence electrons. The Labute approximate surface area is 143 Å². The first-order chi connectivity index (χ1) is 11.5. The Morgan fingerprint density at radius 1 is 1.25 bits per heavy atom. The summed E-state index contributed by atoms with van der Waals surface area (Å²) in [6.07, 6.45) is 1.41. The number of rotatable bonds is 5. The molecule has 0 radical (unpaired) electrons. The molecule has 2 heterocycles. The van der Waals surface area contributed by atoms with Crippen molar-refractivity contribution in [1.82, 2.24) is 14.1 Å². The Balaban J connectivity index is 1.90. The van der Waals surface area contributed by atoms with Crippen molar-refractivity contribution in [1.29, 1.82) is 0 Å². The van der Waals surface area contributed by atoms with E-state index in [-0.39, 0.29) is 5.75 Å². The minimum Gasteiger partial charge on any atom is -0.497 e. The molecule has 1 aliphatic rings. The van der Waals surface area contributed by atoms with Crippen molar-refractivity contribution in [3.8, 4) is 17.0 Å². The van der Waals surface area contributed by atoms with Crippen LogP contribution < -0.4 is 4.74 Å². The number of fused-ring (bicyclic) bond motifs is 1. The minimum atomic E-state index is -3.19. The number of benzene rings is 1. The van der Waals surface area contributed by atoms with Gasteiger partial charge in [0, 0.05) is 18.7 Å². The molecule has 0 aliphatic carbocycles. The fourth-order valence-corrected chi connectivity index (χ4v) is 4.49. The van der Waals surface area contributed by atoms with Gasteiger partial charge in [0.15, 0.2) is 0 Å². The summed E-state index contributed by atoms with van der Waals surface area (Å²) < 4.78 is 33.6. The molecule has 6 nitrogen and oxygen atoms in total. The maximum atomic E-state index is 12.4. The molecule has 1 aromatic carbocycles. The number of ether oxygens (including phenoxy) is 1. The monoisotopic (exact) mass is 349 g/mol. The van der Waals surface area contributed by atoms with Gasteiger partial charge in [-0.15, -0.1) is 0 Å². The fourth-order valence-electron chi connectivity index (χ4n) is 2.98. The maximum Gasteiger partial charge on any atom is 0.214 e. The average molecular weight is 349 g/mol. The van der Waals surface area contributed by atoms with Crippen molar-refractivity contribution in [2.24, 2.45) is 0 Å². The predicted octanol–water partition coefficient (Wildman–Crippen LogP) is 2.50. The van der Waals surface area contributed by atoms with Crippen LogP contribution in [0.25, 0.3) is 11.3 Å². The Morgan fingerprint density at radius 3 is 2.83 bits per heavy atom. The second-order valence-electron chi connectivity index (χ2n) is 5.98. The van der Waals surface area contributed by atoms with E-state index in [1.807, 2.05) is 41.9 Å². The Kier molecular flexibility index (Phi) is 4.91. The van der Waals surface area contributed by atoms with E-state index in [1.54, 1.807) is 11.4 Å². The quantitative estimate of drug-likeness (QED) is 0.832. The molecule has 0 amide bonds. The maximum absolute atomic E-state index is 12.4. The normalized spacial score (nSPS) is 15.8. The van der Waals surface area contributed by atoms with Crippen LogP contribution in [0.5, 0.6) is 5.75 Å². The summed E-state index contributed by atoms with van der Waals surface area (Å²) in [6.45, 7) is 3.57. The average Bonchev–Trinajstić information content (AvgIpc) is 2.86. The molecule has 0 saturated carbocycles. The van der Waals surface area contributed by atoms with Gasteiger partial charge in [-0.05, 0) is 31.0 Å². The van der Waals surface area contributed by atoms with Gasteiger partial charge in [-0.1, -0.05) is 19.1 Å². The molecule has 24 heavy (non-hydrogen) atoms. The van der Waals surface area contributed by atoms with Crippen LogP contribution in [0, 0.1) is 0 Å². The third-order valence-corrected chi connectivity index (χ3v) is 6.22. The lowest BCUT2D eigenvalue weighted by Crippen LogP contribution is -2.32. The van der Waals surface area contributed by atoms with E-state index in [0.29, 0.717) is 19.5 Å². The fraction of sp³-hybridized carbons (Fsp3) is 0.471. The van der Waals surface area contributed by atoms with Crippen LogP contribution in [0.2, 0.25) is 0 Å². The van der Waals surface area contributed by atoms with Gasteiger partial charge in [-0.2, -0.15) is 9.40 Å². The third kappa shape index (κ3) is 3.47. The summed E-state index contributed by atoms with van der Waals surface area (Å²) in [6, 6.07) is 9.72. The van der Waals surface area contributed by atoms with E-state index >= 15 is 0 Å². The lowest BCUT2D eigenvalue weighted by Gasteiger charge is -2.19. The Hall–Kier alpha value is -1.86. The largest absolute Gasteiger partial charge is 0.497 e. The number of hydrogen-bond donors (Lipinski definition) is 0. The van der Waals surface area contributed by atoms with Gasteiger partial charge < -0.3 is 4.74 Å². The summed E-state index contributed by atoms with van der Waals surface area (Å²) in [5, 5.41) is 4.66. The molecule has 3 rings (SSSR count). The van der Waals surface area contributed by atoms with Crippen LogP contribution in [0.3, 0.4) is 0 Å². The van der Waals surface area contributed by atoms with E-state index < -0.39 is 10.0 Å². The Morgan fingerprint density at radius 2 is 2.08 bits per heavy atom. The second kappa shape index (κ2) is 6.94. The van der Waals surface area contributed by atoms with Gasteiger partial charge >= 0.3 is 0 Å². The smallest absolute Gasteiger partial charge is 0.214 e. The number of hydrogen-bond acceptors (Lipinski definition) is 4. The molecule has 0 atom stereocenters. The van der Waals surface area contributed by atoms with Crippen molar-refractivity contribution in [2.75, 3.05) is 19.4 Å². The zero-order chi connectivity index (χ0) is 17.2. The molecule has 0 unspecified atom stereocenters. The highest BCUT2D eigenvalue weighted by Gasteiger charge is 2.25. The van der Waals surface area contributed by atoms with E-state index in [0.717, 1.165) is 35.7 Å². The first-order valence-electron chi connectivity index (χ1n) is 8.22. The molecule has 0 spiro atoms. The number of nitrogens with zero attached hydrogens (tertiary/aromatic N) is 3. The highest BCUT2D eigenvalue weighted by molar-refractivity contribution is 7.89. The SMILES string of the molecule is CCCS(=O)(=O)N1CCCn2nc(-c3cccc(OC)c3)cc2C1. The lowest BCUT2D eigenvalue weighted by molar-refractivity contribution is 0.409. The Bertz CT molecular complexity index is 814. The standard InChI is InChI=1S/C17H23N3O3S/c1-3-10-24(21,22)19-8-5-9-20-15(13-19)12-17(18-20)14-6-4-7-16(11-14)23-2/h4,6-7,11-12H,3,5,8-10,13H2,1-2H3. The van der Waals surface area contributed by atoms with Crippen LogP contribution in [0.4, 0.5) is 0 Å². The van der Waals surface area contributed by atoms with Crippen LogP contribution >= 0.6 is 0 Å². The van der Waals surface area contributed by atoms with Gasteiger partial charge in [-0.25, -0.2) is 8.42 Å². The zero-order valence-electron chi connectivity index (χ0n) is 14.1. The minimum absolute atomic E-state index is 0.198. The molecular formula is C17H23N3O3S. The first kappa shape index (κ1) is 17.0. The van der Waals surface area contributed by atoms with Gasteiger partial charge in [0.1, 0.15) is 5.75 Å². The first-order valence-corrected chi connectivity index (χ1v) is 9.83. The highest BCUT2D eigenvalue weighted by atomic mass is 32.2. The van der Waals surface area contributed by atoms with Gasteiger partial charge in [0.25, 0.3) is 0 Å². The molecular weight excluding hydrogens is 326 g/mol. The van der Waals surface area contributed by atoms with Crippen LogP contribution in [-0.4, -0.2) is 41.9 Å². The highest BCUT2D eigenvalue weighted by Crippen LogP contribution is 2.26. The van der Waals surface area contributed by atoms with Crippen molar-refractivity contribution in [3.05, 3.63) is 36.0 Å². The lowest BCUT2D eigenvalue weighted by atomic mass is 10.1. The van der Waals surface area contributed by atoms with E-state index in [4.69, 9.17) is 4.74 Å². The van der Waals surface area contributed by atoms with Crippen molar-refractivity contribution >= 4 is 10.0 Å². The van der Waals surface area contributed by atoms with Crippen LogP contribution in [0.15, 0.2) is 30.3 Å². The number of sulfonamides is 1. The summed E-state index contributed by atoms with van der Waals surface area (Å²) >= 11 is 0. The molecule has 1 aliphatic heterocycles. The molecule has 1 aromatic heterocycles. The third-order valence-electron chi connectivity index (χ3n) is 4.20. The molecule has 7 heteroatoms. The number of aryl methyl sites for hydroxylation is 1. The molecule has 0 bridgehead atoms. The molecule has 0 fully saturated rings. The number of methoxy groups -OCH3 is 1. The predicted molar refractivity (Wildman–Crippen MR) is 93.3 cm³/mol. The summed E-state index contributed by atoms with van der Waals surface area (Å²) in [4.78, 5) is 0. The summed E-state index contributed by atoms with van der Waals surface area (Å²) in [7, 11) is -1.56. The molecule has 2 aromatic rings.